The zero-order chi connectivity index (χ0) is 21.5. The van der Waals surface area contributed by atoms with Crippen molar-refractivity contribution < 1.29 is 18.1 Å². The number of nitrogens with one attached hydrogen (secondary N) is 1. The Kier molecular flexibility index (Phi) is 5.48. The van der Waals surface area contributed by atoms with Crippen molar-refractivity contribution in [1.82, 2.24) is 9.97 Å². The second-order valence-corrected chi connectivity index (χ2v) is 7.59. The minimum absolute atomic E-state index is 0.127. The van der Waals surface area contributed by atoms with E-state index in [0.717, 1.165) is 22.2 Å². The van der Waals surface area contributed by atoms with Gasteiger partial charge >= 0.3 is 6.18 Å². The van der Waals surface area contributed by atoms with Gasteiger partial charge in [0.25, 0.3) is 5.69 Å². The van der Waals surface area contributed by atoms with Crippen LogP contribution in [0.4, 0.5) is 24.7 Å². The molecule has 0 saturated heterocycles. The Morgan fingerprint density at radius 2 is 1.83 bits per heavy atom. The van der Waals surface area contributed by atoms with Gasteiger partial charge in [-0.05, 0) is 50.1 Å². The largest absolute Gasteiger partial charge is 0.416 e. The maximum Gasteiger partial charge on any atom is 0.416 e. The molecule has 0 saturated carbocycles. The number of hydrogen-bond acceptors (Lipinski definition) is 5. The molecule has 3 rings (SSSR count). The van der Waals surface area contributed by atoms with E-state index in [1.165, 1.54) is 0 Å². The van der Waals surface area contributed by atoms with Crippen molar-refractivity contribution in [2.24, 2.45) is 0 Å². The number of anilines is 1. The number of benzene rings is 2. The summed E-state index contributed by atoms with van der Waals surface area (Å²) in [6.07, 6.45) is -4.69. The highest BCUT2D eigenvalue weighted by Crippen LogP contribution is 2.35. The maximum atomic E-state index is 13.2. The fraction of sp³-hybridized carbons (Fsp3) is 0.263. The highest BCUT2D eigenvalue weighted by atomic mass is 79.9. The first-order valence-electron chi connectivity index (χ1n) is 8.53. The second-order valence-electron chi connectivity index (χ2n) is 6.67. The summed E-state index contributed by atoms with van der Waals surface area (Å²) >= 11 is 3.42. The van der Waals surface area contributed by atoms with Crippen molar-refractivity contribution in [1.29, 1.82) is 0 Å². The SMILES string of the molecule is Cc1nc(N[C@H](C)c2cc([N+](=O)[O-])cc(C(F)(F)F)c2)c2cc(Br)cc(C)c2n1. The first-order chi connectivity index (χ1) is 13.5. The third-order valence-electron chi connectivity index (χ3n) is 4.40. The van der Waals surface area contributed by atoms with Gasteiger partial charge in [-0.1, -0.05) is 15.9 Å². The van der Waals surface area contributed by atoms with E-state index in [0.29, 0.717) is 28.6 Å². The number of aryl methyl sites for hydroxylation is 2. The number of nitro benzene ring substituents is 1. The summed E-state index contributed by atoms with van der Waals surface area (Å²) in [4.78, 5) is 19.1. The summed E-state index contributed by atoms with van der Waals surface area (Å²) in [5.41, 5.74) is 0.0572. The van der Waals surface area contributed by atoms with Gasteiger partial charge in [0.15, 0.2) is 0 Å². The molecule has 1 aromatic heterocycles. The predicted octanol–water partition coefficient (Wildman–Crippen LogP) is 6.11. The molecule has 6 nitrogen and oxygen atoms in total. The Bertz CT molecular complexity index is 1120. The molecule has 1 atom stereocenters. The molecule has 0 fully saturated rings. The fourth-order valence-electron chi connectivity index (χ4n) is 3.03. The highest BCUT2D eigenvalue weighted by Gasteiger charge is 2.33. The lowest BCUT2D eigenvalue weighted by molar-refractivity contribution is -0.385. The Morgan fingerprint density at radius 1 is 1.14 bits per heavy atom. The Hall–Kier alpha value is -2.75. The quantitative estimate of drug-likeness (QED) is 0.369. The minimum Gasteiger partial charge on any atom is -0.363 e. The number of halogens is 4. The van der Waals surface area contributed by atoms with Gasteiger partial charge < -0.3 is 5.32 Å². The van der Waals surface area contributed by atoms with Crippen LogP contribution in [-0.4, -0.2) is 14.9 Å². The second kappa shape index (κ2) is 7.58. The van der Waals surface area contributed by atoms with Crippen molar-refractivity contribution in [2.45, 2.75) is 33.0 Å². The van der Waals surface area contributed by atoms with Gasteiger partial charge in [-0.25, -0.2) is 9.97 Å². The van der Waals surface area contributed by atoms with Crippen molar-refractivity contribution in [3.63, 3.8) is 0 Å². The molecule has 1 heterocycles. The van der Waals surface area contributed by atoms with Crippen molar-refractivity contribution >= 4 is 38.3 Å². The average Bonchev–Trinajstić information content (AvgIpc) is 2.61. The van der Waals surface area contributed by atoms with E-state index in [4.69, 9.17) is 0 Å². The van der Waals surface area contributed by atoms with E-state index in [1.54, 1.807) is 13.8 Å². The number of non-ortho nitro benzene ring substituents is 1. The molecule has 0 aliphatic heterocycles. The van der Waals surface area contributed by atoms with Gasteiger partial charge in [-0.3, -0.25) is 10.1 Å². The van der Waals surface area contributed by atoms with Gasteiger partial charge in [-0.2, -0.15) is 13.2 Å². The maximum absolute atomic E-state index is 13.2. The van der Waals surface area contributed by atoms with E-state index < -0.39 is 28.4 Å². The molecule has 0 spiro atoms. The standard InChI is InChI=1S/C19H16BrF3N4O2/c1-9-4-14(20)8-16-17(9)25-11(3)26-18(16)24-10(2)12-5-13(19(21,22)23)7-15(6-12)27(28)29/h4-8,10H,1-3H3,(H,24,25,26)/t10-/m1/s1. The van der Waals surface area contributed by atoms with Crippen LogP contribution in [0.25, 0.3) is 10.9 Å². The zero-order valence-electron chi connectivity index (χ0n) is 15.6. The number of rotatable bonds is 4. The van der Waals surface area contributed by atoms with Crippen LogP contribution in [0, 0.1) is 24.0 Å². The Balaban J connectivity index is 2.08. The lowest BCUT2D eigenvalue weighted by Gasteiger charge is -2.19. The number of alkyl halides is 3. The summed E-state index contributed by atoms with van der Waals surface area (Å²) in [6, 6.07) is 5.60. The minimum atomic E-state index is -4.69. The molecule has 152 valence electrons. The van der Waals surface area contributed by atoms with E-state index in [-0.39, 0.29) is 5.56 Å². The smallest absolute Gasteiger partial charge is 0.363 e. The lowest BCUT2D eigenvalue weighted by Crippen LogP contribution is -2.13. The zero-order valence-corrected chi connectivity index (χ0v) is 17.2. The number of fused-ring (bicyclic) bond motifs is 1. The lowest BCUT2D eigenvalue weighted by atomic mass is 10.0. The van der Waals surface area contributed by atoms with Crippen LogP contribution < -0.4 is 5.32 Å². The van der Waals surface area contributed by atoms with Crippen LogP contribution in [-0.2, 0) is 6.18 Å². The molecule has 0 radical (unpaired) electrons. The molecular formula is C19H16BrF3N4O2. The molecule has 29 heavy (non-hydrogen) atoms. The molecule has 0 unspecified atom stereocenters. The average molecular weight is 469 g/mol. The summed E-state index contributed by atoms with van der Waals surface area (Å²) in [6.45, 7) is 5.22. The number of hydrogen-bond donors (Lipinski definition) is 1. The number of nitro groups is 1. The van der Waals surface area contributed by atoms with Crippen molar-refractivity contribution in [3.05, 3.63) is 67.4 Å². The normalized spacial score (nSPS) is 12.8. The van der Waals surface area contributed by atoms with Crippen LogP contribution in [0.5, 0.6) is 0 Å². The number of aromatic nitrogens is 2. The van der Waals surface area contributed by atoms with Gasteiger partial charge in [0.05, 0.1) is 22.0 Å². The summed E-state index contributed by atoms with van der Waals surface area (Å²) in [7, 11) is 0. The molecule has 0 bridgehead atoms. The van der Waals surface area contributed by atoms with Gasteiger partial charge in [-0.15, -0.1) is 0 Å². The number of nitrogens with zero attached hydrogens (tertiary/aromatic N) is 3. The molecule has 0 aliphatic carbocycles. The van der Waals surface area contributed by atoms with Crippen LogP contribution in [0.3, 0.4) is 0 Å². The van der Waals surface area contributed by atoms with E-state index >= 15 is 0 Å². The first kappa shape index (κ1) is 21.0. The van der Waals surface area contributed by atoms with Crippen molar-refractivity contribution in [2.75, 3.05) is 5.32 Å². The molecule has 0 aliphatic rings. The summed E-state index contributed by atoms with van der Waals surface area (Å²) in [5, 5.41) is 14.9. The molecule has 3 aromatic rings. The monoisotopic (exact) mass is 468 g/mol. The van der Waals surface area contributed by atoms with Crippen LogP contribution >= 0.6 is 15.9 Å². The van der Waals surface area contributed by atoms with Crippen molar-refractivity contribution in [3.8, 4) is 0 Å². The first-order valence-corrected chi connectivity index (χ1v) is 9.32. The van der Waals surface area contributed by atoms with E-state index in [1.807, 2.05) is 19.1 Å². The van der Waals surface area contributed by atoms with Crippen LogP contribution in [0.1, 0.15) is 35.5 Å². The summed E-state index contributed by atoms with van der Waals surface area (Å²) in [5.74, 6) is 0.928. The molecular weight excluding hydrogens is 453 g/mol. The predicted molar refractivity (Wildman–Crippen MR) is 107 cm³/mol. The fourth-order valence-corrected chi connectivity index (χ4v) is 3.60. The van der Waals surface area contributed by atoms with Gasteiger partial charge in [0, 0.05) is 22.0 Å². The van der Waals surface area contributed by atoms with Crippen LogP contribution in [0.15, 0.2) is 34.8 Å². The Morgan fingerprint density at radius 3 is 2.45 bits per heavy atom. The van der Waals surface area contributed by atoms with Crippen LogP contribution in [0.2, 0.25) is 0 Å². The highest BCUT2D eigenvalue weighted by molar-refractivity contribution is 9.10. The third kappa shape index (κ3) is 4.47. The Labute approximate surface area is 172 Å². The summed E-state index contributed by atoms with van der Waals surface area (Å²) < 4.78 is 40.4. The van der Waals surface area contributed by atoms with E-state index in [9.17, 15) is 23.3 Å². The third-order valence-corrected chi connectivity index (χ3v) is 4.86. The molecule has 1 N–H and O–H groups in total. The molecule has 0 amide bonds. The van der Waals surface area contributed by atoms with Gasteiger partial charge in [0.1, 0.15) is 11.6 Å². The molecule has 2 aromatic carbocycles. The van der Waals surface area contributed by atoms with E-state index in [2.05, 4.69) is 31.2 Å². The topological polar surface area (TPSA) is 81.0 Å². The molecule has 10 heteroatoms. The van der Waals surface area contributed by atoms with Gasteiger partial charge in [0.2, 0.25) is 0 Å².